The van der Waals surface area contributed by atoms with Crippen molar-refractivity contribution in [2.45, 2.75) is 271 Å². The highest BCUT2D eigenvalue weighted by molar-refractivity contribution is 5.70. The molecule has 0 amide bonds. The molecule has 0 saturated heterocycles. The monoisotopic (exact) mass is 815 g/mol. The maximum absolute atomic E-state index is 12.8. The van der Waals surface area contributed by atoms with E-state index in [0.29, 0.717) is 19.4 Å². The summed E-state index contributed by atoms with van der Waals surface area (Å²) in [7, 11) is 0. The van der Waals surface area contributed by atoms with E-state index in [1.807, 2.05) is 0 Å². The molecular weight excluding hydrogens is 717 g/mol. The number of esters is 2. The van der Waals surface area contributed by atoms with Gasteiger partial charge in [0.25, 0.3) is 0 Å². The van der Waals surface area contributed by atoms with E-state index < -0.39 is 6.10 Å². The molecule has 0 saturated carbocycles. The van der Waals surface area contributed by atoms with E-state index in [2.05, 4.69) is 57.2 Å². The van der Waals surface area contributed by atoms with Crippen LogP contribution in [0.15, 0.2) is 36.5 Å². The fraction of sp³-hybridized carbons (Fsp3) is 0.849. The van der Waals surface area contributed by atoms with Crippen molar-refractivity contribution in [1.82, 2.24) is 0 Å². The highest BCUT2D eigenvalue weighted by atomic mass is 16.6. The van der Waals surface area contributed by atoms with E-state index in [-0.39, 0.29) is 25.2 Å². The number of carbonyl (C=O) groups excluding carboxylic acids is 2. The maximum Gasteiger partial charge on any atom is 0.306 e. The first kappa shape index (κ1) is 56.1. The summed E-state index contributed by atoms with van der Waals surface area (Å²) in [5.41, 5.74) is 0. The van der Waals surface area contributed by atoms with Gasteiger partial charge in [-0.25, -0.2) is 0 Å². The van der Waals surface area contributed by atoms with Crippen LogP contribution < -0.4 is 0 Å². The lowest BCUT2D eigenvalue weighted by Crippen LogP contribution is -2.30. The van der Waals surface area contributed by atoms with Gasteiger partial charge in [0.2, 0.25) is 0 Å². The van der Waals surface area contributed by atoms with Crippen LogP contribution in [0.3, 0.4) is 0 Å². The summed E-state index contributed by atoms with van der Waals surface area (Å²) in [5, 5.41) is 0. The van der Waals surface area contributed by atoms with Crippen LogP contribution in [0.4, 0.5) is 0 Å². The highest BCUT2D eigenvalue weighted by Gasteiger charge is 2.17. The first-order chi connectivity index (χ1) is 28.6. The summed E-state index contributed by atoms with van der Waals surface area (Å²) in [5.74, 6) is -0.403. The Morgan fingerprint density at radius 1 is 0.397 bits per heavy atom. The fourth-order valence-electron chi connectivity index (χ4n) is 7.41. The zero-order valence-corrected chi connectivity index (χ0v) is 39.1. The van der Waals surface area contributed by atoms with E-state index in [9.17, 15) is 9.59 Å². The number of carbonyl (C=O) groups is 2. The number of hydrogen-bond acceptors (Lipinski definition) is 5. The molecule has 0 aromatic carbocycles. The molecule has 58 heavy (non-hydrogen) atoms. The second-order valence-corrected chi connectivity index (χ2v) is 17.1. The topological polar surface area (TPSA) is 61.8 Å². The quantitative estimate of drug-likeness (QED) is 0.0348. The Morgan fingerprint density at radius 2 is 0.776 bits per heavy atom. The molecule has 1 atom stereocenters. The third-order valence-corrected chi connectivity index (χ3v) is 11.2. The summed E-state index contributed by atoms with van der Waals surface area (Å²) in [4.78, 5) is 25.3. The molecule has 0 aromatic heterocycles. The molecule has 0 N–H and O–H groups in total. The molecule has 5 nitrogen and oxygen atoms in total. The largest absolute Gasteiger partial charge is 0.462 e. The highest BCUT2D eigenvalue weighted by Crippen LogP contribution is 2.16. The van der Waals surface area contributed by atoms with Crippen molar-refractivity contribution in [3.8, 4) is 0 Å². The van der Waals surface area contributed by atoms with Crippen LogP contribution in [0.5, 0.6) is 0 Å². The van der Waals surface area contributed by atoms with Crippen LogP contribution in [0, 0.1) is 0 Å². The van der Waals surface area contributed by atoms with E-state index >= 15 is 0 Å². The molecule has 0 bridgehead atoms. The molecule has 0 fully saturated rings. The van der Waals surface area contributed by atoms with Gasteiger partial charge in [0.1, 0.15) is 6.61 Å². The van der Waals surface area contributed by atoms with Crippen molar-refractivity contribution < 1.29 is 23.8 Å². The van der Waals surface area contributed by atoms with Crippen LogP contribution in [-0.4, -0.2) is 37.9 Å². The molecule has 0 rings (SSSR count). The van der Waals surface area contributed by atoms with Gasteiger partial charge >= 0.3 is 11.9 Å². The molecule has 0 aliphatic carbocycles. The Morgan fingerprint density at radius 3 is 1.24 bits per heavy atom. The minimum absolute atomic E-state index is 0.0841. The zero-order valence-electron chi connectivity index (χ0n) is 39.1. The summed E-state index contributed by atoms with van der Waals surface area (Å²) >= 11 is 0. The average Bonchev–Trinajstić information content (AvgIpc) is 3.22. The third-order valence-electron chi connectivity index (χ3n) is 11.2. The van der Waals surface area contributed by atoms with E-state index in [4.69, 9.17) is 14.2 Å². The minimum Gasteiger partial charge on any atom is -0.462 e. The van der Waals surface area contributed by atoms with Gasteiger partial charge in [-0.15, -0.1) is 0 Å². The molecule has 5 heteroatoms. The Bertz CT molecular complexity index is 924. The first-order valence-electron chi connectivity index (χ1n) is 25.5. The van der Waals surface area contributed by atoms with Gasteiger partial charge in [-0.05, 0) is 51.4 Å². The summed E-state index contributed by atoms with van der Waals surface area (Å²) in [6, 6.07) is 0. The number of hydrogen-bond donors (Lipinski definition) is 0. The first-order valence-corrected chi connectivity index (χ1v) is 25.5. The van der Waals surface area contributed by atoms with Gasteiger partial charge in [-0.2, -0.15) is 0 Å². The van der Waals surface area contributed by atoms with Crippen LogP contribution in [0.2, 0.25) is 0 Å². The standard InChI is InChI=1S/C53H98O5/c1-4-7-10-13-16-19-22-24-26-28-30-33-36-39-42-45-48-56-49-51(50-57-52(54)46-43-40-37-34-31-21-18-15-12-9-6-3)58-53(55)47-44-41-38-35-32-29-27-25-23-20-17-14-11-8-5-2/h8,11,17,20,25,27,51H,4-7,9-10,12-16,18-19,21-24,26,28-50H2,1-3H3/b11-8-,20-17-,27-25-/t51-/m1/s1. The number of rotatable bonds is 47. The lowest BCUT2D eigenvalue weighted by molar-refractivity contribution is -0.163. The fourth-order valence-corrected chi connectivity index (χ4v) is 7.41. The lowest BCUT2D eigenvalue weighted by Gasteiger charge is -2.18. The predicted octanol–water partition coefficient (Wildman–Crippen LogP) is 17.0. The molecule has 0 unspecified atom stereocenters. The van der Waals surface area contributed by atoms with Gasteiger partial charge in [0, 0.05) is 19.4 Å². The molecule has 340 valence electrons. The molecule has 0 heterocycles. The summed E-state index contributed by atoms with van der Waals surface area (Å²) < 4.78 is 17.4. The van der Waals surface area contributed by atoms with Crippen molar-refractivity contribution in [1.29, 1.82) is 0 Å². The molecule has 0 spiro atoms. The van der Waals surface area contributed by atoms with Gasteiger partial charge in [0.15, 0.2) is 6.10 Å². The van der Waals surface area contributed by atoms with Crippen LogP contribution in [0.1, 0.15) is 265 Å². The molecule has 0 aliphatic heterocycles. The summed E-state index contributed by atoms with van der Waals surface area (Å²) in [6.45, 7) is 7.74. The zero-order chi connectivity index (χ0) is 42.1. The van der Waals surface area contributed by atoms with Gasteiger partial charge in [0.05, 0.1) is 6.61 Å². The Kier molecular flexibility index (Phi) is 47.9. The van der Waals surface area contributed by atoms with Crippen molar-refractivity contribution in [3.05, 3.63) is 36.5 Å². The number of allylic oxidation sites excluding steroid dienone is 6. The van der Waals surface area contributed by atoms with Crippen molar-refractivity contribution in [2.75, 3.05) is 19.8 Å². The molecule has 0 radical (unpaired) electrons. The average molecular weight is 815 g/mol. The van der Waals surface area contributed by atoms with Gasteiger partial charge < -0.3 is 14.2 Å². The molecule has 0 aliphatic rings. The normalized spacial score (nSPS) is 12.4. The van der Waals surface area contributed by atoms with Crippen LogP contribution in [-0.2, 0) is 23.8 Å². The second kappa shape index (κ2) is 49.5. The third kappa shape index (κ3) is 46.8. The van der Waals surface area contributed by atoms with Gasteiger partial charge in [-0.3, -0.25) is 9.59 Å². The Labute approximate surface area is 361 Å². The smallest absolute Gasteiger partial charge is 0.306 e. The van der Waals surface area contributed by atoms with Crippen molar-refractivity contribution in [3.63, 3.8) is 0 Å². The minimum atomic E-state index is -0.538. The lowest BCUT2D eigenvalue weighted by atomic mass is 10.0. The van der Waals surface area contributed by atoms with Crippen molar-refractivity contribution >= 4 is 11.9 Å². The molecular formula is C53H98O5. The van der Waals surface area contributed by atoms with Crippen LogP contribution in [0.25, 0.3) is 0 Å². The van der Waals surface area contributed by atoms with Crippen LogP contribution >= 0.6 is 0 Å². The SMILES string of the molecule is CC/C=C\C/C=C\C/C=C\CCCCCCCC(=O)O[C@H](COCCCCCCCCCCCCCCCCCC)COC(=O)CCCCCCCCCCCCC. The Balaban J connectivity index is 4.24. The number of ether oxygens (including phenoxy) is 3. The predicted molar refractivity (Wildman–Crippen MR) is 252 cm³/mol. The molecule has 0 aromatic rings. The number of unbranched alkanes of at least 4 members (excludes halogenated alkanes) is 30. The van der Waals surface area contributed by atoms with E-state index in [1.54, 1.807) is 0 Å². The maximum atomic E-state index is 12.8. The van der Waals surface area contributed by atoms with Crippen molar-refractivity contribution in [2.24, 2.45) is 0 Å². The van der Waals surface area contributed by atoms with E-state index in [0.717, 1.165) is 64.2 Å². The summed E-state index contributed by atoms with van der Waals surface area (Å²) in [6.07, 6.45) is 58.6. The van der Waals surface area contributed by atoms with E-state index in [1.165, 1.54) is 167 Å². The van der Waals surface area contributed by atoms with Gasteiger partial charge in [-0.1, -0.05) is 237 Å². The Hall–Kier alpha value is -1.88. The second-order valence-electron chi connectivity index (χ2n) is 17.1.